The number of halogens is 2. The number of nitrogens with zero attached hydrogens (tertiary/aromatic N) is 4. The molecule has 0 aliphatic heterocycles. The topological polar surface area (TPSA) is 113 Å². The second kappa shape index (κ2) is 10.3. The van der Waals surface area contributed by atoms with Crippen LogP contribution in [0.15, 0.2) is 48.8 Å². The summed E-state index contributed by atoms with van der Waals surface area (Å²) < 4.78 is 32.7. The van der Waals surface area contributed by atoms with Gasteiger partial charge in [0.1, 0.15) is 13.3 Å². The van der Waals surface area contributed by atoms with Gasteiger partial charge in [-0.1, -0.05) is 0 Å². The van der Waals surface area contributed by atoms with Crippen LogP contribution in [0.3, 0.4) is 0 Å². The van der Waals surface area contributed by atoms with Gasteiger partial charge in [-0.3, -0.25) is 25.0 Å². The van der Waals surface area contributed by atoms with E-state index in [4.69, 9.17) is 0 Å². The molecule has 0 fully saturated rings. The summed E-state index contributed by atoms with van der Waals surface area (Å²) in [6.07, 6.45) is 3.22. The molecule has 9 nitrogen and oxygen atoms in total. The first-order valence-corrected chi connectivity index (χ1v) is 12.2. The van der Waals surface area contributed by atoms with E-state index in [9.17, 15) is 33.8 Å². The van der Waals surface area contributed by atoms with E-state index < -0.39 is 40.8 Å². The molecular formula is C27H28F2N4O5. The third kappa shape index (κ3) is 4.52. The van der Waals surface area contributed by atoms with E-state index >= 15 is 0 Å². The molecule has 38 heavy (non-hydrogen) atoms. The molecule has 0 saturated heterocycles. The van der Waals surface area contributed by atoms with E-state index in [0.717, 1.165) is 0 Å². The molecule has 0 aliphatic rings. The maximum atomic E-state index is 14.6. The molecule has 0 N–H and O–H groups in total. The lowest BCUT2D eigenvalue weighted by atomic mass is 9.84. The number of carbonyl (C=O) groups excluding carboxylic acids is 1. The molecule has 0 amide bonds. The molecule has 2 atom stereocenters. The molecule has 0 bridgehead atoms. The number of benzene rings is 2. The minimum atomic E-state index is -1.31. The van der Waals surface area contributed by atoms with Crippen molar-refractivity contribution in [2.24, 2.45) is 0 Å². The normalized spacial score (nSPS) is 13.5. The predicted molar refractivity (Wildman–Crippen MR) is 140 cm³/mol. The molecule has 2 aromatic carbocycles. The maximum Gasteiger partial charge on any atom is 0.271 e. The first kappa shape index (κ1) is 26.9. The minimum absolute atomic E-state index is 0.135. The fraction of sp³-hybridized carbons (Fsp3) is 0.370. The Balaban J connectivity index is 1.85. The molecule has 2 heterocycles. The highest BCUT2D eigenvalue weighted by atomic mass is 19.1. The molecular weight excluding hydrogens is 498 g/mol. The third-order valence-electron chi connectivity index (χ3n) is 6.98. The van der Waals surface area contributed by atoms with Gasteiger partial charge in [-0.25, -0.2) is 8.78 Å². The van der Waals surface area contributed by atoms with Crippen LogP contribution in [0.2, 0.25) is 0 Å². The molecule has 200 valence electrons. The van der Waals surface area contributed by atoms with E-state index in [-0.39, 0.29) is 23.5 Å². The fourth-order valence-corrected chi connectivity index (χ4v) is 5.04. The van der Waals surface area contributed by atoms with Gasteiger partial charge in [0.15, 0.2) is 5.78 Å². The van der Waals surface area contributed by atoms with E-state index in [1.54, 1.807) is 21.5 Å². The Kier molecular flexibility index (Phi) is 7.30. The largest absolute Gasteiger partial charge is 0.344 e. The van der Waals surface area contributed by atoms with E-state index in [1.165, 1.54) is 36.4 Å². The first-order valence-electron chi connectivity index (χ1n) is 12.2. The SMILES string of the molecule is CC(C)n1cc(C(CF)C(=O)C(CF)c2cn(C(C)C)c3cc([N+](=O)[O-])ccc23)c2ccc([N+](=O)[O-])cc21. The molecule has 2 aromatic heterocycles. The Morgan fingerprint density at radius 2 is 1.13 bits per heavy atom. The van der Waals surface area contributed by atoms with Gasteiger partial charge in [0.05, 0.1) is 32.7 Å². The number of rotatable bonds is 10. The molecule has 2 unspecified atom stereocenters. The van der Waals surface area contributed by atoms with Crippen LogP contribution in [0.4, 0.5) is 20.2 Å². The summed E-state index contributed by atoms with van der Waals surface area (Å²) in [5, 5.41) is 23.6. The van der Waals surface area contributed by atoms with Gasteiger partial charge in [-0.2, -0.15) is 0 Å². The summed E-state index contributed by atoms with van der Waals surface area (Å²) in [6.45, 7) is 5.27. The van der Waals surface area contributed by atoms with Gasteiger partial charge in [0.25, 0.3) is 11.4 Å². The van der Waals surface area contributed by atoms with Crippen molar-refractivity contribution in [3.63, 3.8) is 0 Å². The standard InChI is InChI=1S/C27H28F2N4O5/c1-15(2)30-13-23(19-7-5-17(32(35)36)9-25(19)30)21(11-28)27(34)22(12-29)24-14-31(16(3)4)26-10-18(33(37)38)6-8-20(24)26/h5-10,13-16,21-22H,11-12H2,1-4H3. The number of non-ortho nitro benzene ring substituents is 2. The average molecular weight is 527 g/mol. The van der Waals surface area contributed by atoms with E-state index in [1.807, 2.05) is 27.7 Å². The zero-order valence-electron chi connectivity index (χ0n) is 21.4. The van der Waals surface area contributed by atoms with Crippen LogP contribution < -0.4 is 0 Å². The molecule has 0 aliphatic carbocycles. The smallest absolute Gasteiger partial charge is 0.271 e. The second-order valence-corrected chi connectivity index (χ2v) is 9.90. The minimum Gasteiger partial charge on any atom is -0.344 e. The Bertz CT molecular complexity index is 1440. The second-order valence-electron chi connectivity index (χ2n) is 9.90. The molecule has 0 spiro atoms. The number of Topliss-reactive ketones (excluding diaryl/α,β-unsaturated/α-hetero) is 1. The van der Waals surface area contributed by atoms with Gasteiger partial charge in [-0.05, 0) is 51.0 Å². The Hall–Kier alpha value is -4.15. The van der Waals surface area contributed by atoms with Crippen molar-refractivity contribution in [1.82, 2.24) is 9.13 Å². The van der Waals surface area contributed by atoms with Crippen molar-refractivity contribution < 1.29 is 23.4 Å². The Morgan fingerprint density at radius 3 is 1.42 bits per heavy atom. The number of nitro benzene ring substituents is 2. The summed E-state index contributed by atoms with van der Waals surface area (Å²) >= 11 is 0. The number of aromatic nitrogens is 2. The first-order chi connectivity index (χ1) is 18.0. The number of ketones is 1. The maximum absolute atomic E-state index is 14.6. The van der Waals surface area contributed by atoms with Crippen molar-refractivity contribution in [1.29, 1.82) is 0 Å². The quantitative estimate of drug-likeness (QED) is 0.164. The van der Waals surface area contributed by atoms with Crippen molar-refractivity contribution in [3.05, 3.63) is 80.1 Å². The lowest BCUT2D eigenvalue weighted by molar-refractivity contribution is -0.384. The molecule has 0 radical (unpaired) electrons. The lowest BCUT2D eigenvalue weighted by Crippen LogP contribution is -2.23. The van der Waals surface area contributed by atoms with Crippen LogP contribution in [-0.4, -0.2) is 38.1 Å². The van der Waals surface area contributed by atoms with Crippen molar-refractivity contribution >= 4 is 39.0 Å². The number of hydrogen-bond acceptors (Lipinski definition) is 5. The number of carbonyl (C=O) groups is 1. The molecule has 4 rings (SSSR count). The summed E-state index contributed by atoms with van der Waals surface area (Å²) in [6, 6.07) is 8.07. The van der Waals surface area contributed by atoms with Gasteiger partial charge >= 0.3 is 0 Å². The van der Waals surface area contributed by atoms with Gasteiger partial charge < -0.3 is 9.13 Å². The highest BCUT2D eigenvalue weighted by molar-refractivity contribution is 6.00. The highest BCUT2D eigenvalue weighted by Crippen LogP contribution is 2.39. The van der Waals surface area contributed by atoms with Crippen LogP contribution in [0, 0.1) is 20.2 Å². The summed E-state index contributed by atoms with van der Waals surface area (Å²) in [5.41, 5.74) is 1.36. The van der Waals surface area contributed by atoms with Crippen molar-refractivity contribution in [2.45, 2.75) is 51.6 Å². The number of alkyl halides is 2. The average Bonchev–Trinajstić information content (AvgIpc) is 3.44. The van der Waals surface area contributed by atoms with Crippen LogP contribution in [0.25, 0.3) is 21.8 Å². The number of nitro groups is 2. The van der Waals surface area contributed by atoms with Gasteiger partial charge in [-0.15, -0.1) is 0 Å². The van der Waals surface area contributed by atoms with Crippen molar-refractivity contribution in [3.8, 4) is 0 Å². The predicted octanol–water partition coefficient (Wildman–Crippen LogP) is 6.95. The molecule has 4 aromatic rings. The van der Waals surface area contributed by atoms with Crippen LogP contribution in [0.1, 0.15) is 62.7 Å². The summed E-state index contributed by atoms with van der Waals surface area (Å²) in [7, 11) is 0. The van der Waals surface area contributed by atoms with E-state index in [2.05, 4.69) is 0 Å². The summed E-state index contributed by atoms with van der Waals surface area (Å²) in [5.74, 6) is -3.29. The zero-order chi connectivity index (χ0) is 27.9. The molecule has 11 heteroatoms. The third-order valence-corrected chi connectivity index (χ3v) is 6.98. The fourth-order valence-electron chi connectivity index (χ4n) is 5.04. The van der Waals surface area contributed by atoms with Crippen LogP contribution in [-0.2, 0) is 4.79 Å². The Labute approximate surface area is 217 Å². The highest BCUT2D eigenvalue weighted by Gasteiger charge is 2.34. The number of hydrogen-bond donors (Lipinski definition) is 0. The lowest BCUT2D eigenvalue weighted by Gasteiger charge is -2.18. The summed E-state index contributed by atoms with van der Waals surface area (Å²) in [4.78, 5) is 35.4. The number of fused-ring (bicyclic) bond motifs is 2. The monoisotopic (exact) mass is 526 g/mol. The van der Waals surface area contributed by atoms with Gasteiger partial charge in [0, 0.05) is 59.5 Å². The zero-order valence-corrected chi connectivity index (χ0v) is 21.4. The van der Waals surface area contributed by atoms with Gasteiger partial charge in [0.2, 0.25) is 0 Å². The van der Waals surface area contributed by atoms with Crippen LogP contribution >= 0.6 is 0 Å². The Morgan fingerprint density at radius 1 is 0.763 bits per heavy atom. The van der Waals surface area contributed by atoms with Crippen LogP contribution in [0.5, 0.6) is 0 Å². The van der Waals surface area contributed by atoms with Crippen molar-refractivity contribution in [2.75, 3.05) is 13.3 Å². The molecule has 0 saturated carbocycles. The van der Waals surface area contributed by atoms with E-state index in [0.29, 0.717) is 32.9 Å².